The molecule has 0 aliphatic carbocycles. The van der Waals surface area contributed by atoms with E-state index < -0.39 is 0 Å². The van der Waals surface area contributed by atoms with Gasteiger partial charge in [0.1, 0.15) is 12.6 Å². The standard InChI is InChI=1S/C23H30N2O3/c1-5-22(26)24-16(2)23-19-14-21(28-4)20(27-3)13-18(19)11-12-25(23)15-17-9-7-6-8-10-17/h6-10,13-14,16,23H,5,11-12,15H2,1-4H3,(H,24,26)/p+1/t16-,23+/m0/s1. The third-order valence-corrected chi connectivity index (χ3v) is 5.62. The highest BCUT2D eigenvalue weighted by atomic mass is 16.5. The van der Waals surface area contributed by atoms with Crippen LogP contribution >= 0.6 is 0 Å². The zero-order valence-electron chi connectivity index (χ0n) is 17.2. The quantitative estimate of drug-likeness (QED) is 0.771. The highest BCUT2D eigenvalue weighted by molar-refractivity contribution is 5.75. The van der Waals surface area contributed by atoms with Crippen LogP contribution in [0.2, 0.25) is 0 Å². The van der Waals surface area contributed by atoms with Crippen molar-refractivity contribution in [2.24, 2.45) is 0 Å². The Hall–Kier alpha value is -2.53. The summed E-state index contributed by atoms with van der Waals surface area (Å²) < 4.78 is 11.1. The van der Waals surface area contributed by atoms with Crippen LogP contribution < -0.4 is 19.7 Å². The first-order valence-corrected chi connectivity index (χ1v) is 10.00. The topological polar surface area (TPSA) is 52.0 Å². The predicted octanol–water partition coefficient (Wildman–Crippen LogP) is 2.30. The van der Waals surface area contributed by atoms with Gasteiger partial charge in [0.05, 0.1) is 26.8 Å². The first kappa shape index (κ1) is 20.2. The van der Waals surface area contributed by atoms with Crippen LogP contribution in [0.1, 0.15) is 43.0 Å². The summed E-state index contributed by atoms with van der Waals surface area (Å²) in [4.78, 5) is 13.6. The molecule has 3 atom stereocenters. The fourth-order valence-electron chi connectivity index (χ4n) is 4.23. The Labute approximate surface area is 167 Å². The number of hydrogen-bond acceptors (Lipinski definition) is 3. The lowest BCUT2D eigenvalue weighted by Gasteiger charge is -2.38. The largest absolute Gasteiger partial charge is 0.493 e. The van der Waals surface area contributed by atoms with Gasteiger partial charge in [-0.05, 0) is 24.6 Å². The third-order valence-electron chi connectivity index (χ3n) is 5.62. The van der Waals surface area contributed by atoms with E-state index in [1.54, 1.807) is 14.2 Å². The fraction of sp³-hybridized carbons (Fsp3) is 0.435. The number of ether oxygens (including phenoxy) is 2. The Kier molecular flexibility index (Phi) is 6.57. The predicted molar refractivity (Wildman–Crippen MR) is 110 cm³/mol. The number of methoxy groups -OCH3 is 2. The van der Waals surface area contributed by atoms with E-state index >= 15 is 0 Å². The van der Waals surface area contributed by atoms with Gasteiger partial charge in [0.2, 0.25) is 5.91 Å². The van der Waals surface area contributed by atoms with Gasteiger partial charge in [0, 0.05) is 24.0 Å². The second-order valence-corrected chi connectivity index (χ2v) is 7.41. The summed E-state index contributed by atoms with van der Waals surface area (Å²) in [5, 5.41) is 3.19. The maximum atomic E-state index is 12.1. The van der Waals surface area contributed by atoms with Crippen molar-refractivity contribution in [3.05, 3.63) is 59.2 Å². The number of carbonyl (C=O) groups is 1. The smallest absolute Gasteiger partial charge is 0.220 e. The van der Waals surface area contributed by atoms with Gasteiger partial charge >= 0.3 is 0 Å². The molecular weight excluding hydrogens is 352 g/mol. The molecule has 2 aromatic carbocycles. The Morgan fingerprint density at radius 3 is 2.50 bits per heavy atom. The zero-order valence-corrected chi connectivity index (χ0v) is 17.2. The third kappa shape index (κ3) is 4.30. The molecule has 2 N–H and O–H groups in total. The average Bonchev–Trinajstić information content (AvgIpc) is 2.72. The normalized spacial score (nSPS) is 19.4. The molecule has 0 radical (unpaired) electrons. The molecule has 5 heteroatoms. The summed E-state index contributed by atoms with van der Waals surface area (Å²) in [5.74, 6) is 1.58. The maximum absolute atomic E-state index is 12.1. The van der Waals surface area contributed by atoms with Crippen molar-refractivity contribution in [2.45, 2.75) is 45.3 Å². The molecule has 28 heavy (non-hydrogen) atoms. The number of nitrogens with one attached hydrogen (secondary N) is 2. The molecule has 3 rings (SSSR count). The molecular formula is C23H31N2O3+. The van der Waals surface area contributed by atoms with Crippen LogP contribution in [0.15, 0.2) is 42.5 Å². The molecule has 0 spiro atoms. The molecule has 0 fully saturated rings. The highest BCUT2D eigenvalue weighted by Gasteiger charge is 2.37. The molecule has 1 amide bonds. The van der Waals surface area contributed by atoms with Crippen LogP contribution in [0, 0.1) is 0 Å². The first-order valence-electron chi connectivity index (χ1n) is 10.00. The van der Waals surface area contributed by atoms with Gasteiger partial charge in [0.25, 0.3) is 0 Å². The summed E-state index contributed by atoms with van der Waals surface area (Å²) in [7, 11) is 3.33. The number of benzene rings is 2. The monoisotopic (exact) mass is 383 g/mol. The molecule has 1 heterocycles. The minimum Gasteiger partial charge on any atom is -0.493 e. The molecule has 1 aliphatic heterocycles. The van der Waals surface area contributed by atoms with Crippen molar-refractivity contribution >= 4 is 5.91 Å². The number of fused-ring (bicyclic) bond motifs is 1. The number of quaternary nitrogens is 1. The van der Waals surface area contributed by atoms with Crippen LogP contribution in [-0.2, 0) is 17.8 Å². The molecule has 1 unspecified atom stereocenters. The Morgan fingerprint density at radius 1 is 1.18 bits per heavy atom. The van der Waals surface area contributed by atoms with E-state index in [-0.39, 0.29) is 18.0 Å². The molecule has 150 valence electrons. The van der Waals surface area contributed by atoms with Gasteiger partial charge in [-0.3, -0.25) is 4.79 Å². The molecule has 0 bridgehead atoms. The fourth-order valence-corrected chi connectivity index (χ4v) is 4.23. The average molecular weight is 384 g/mol. The van der Waals surface area contributed by atoms with Crippen molar-refractivity contribution in [2.75, 3.05) is 20.8 Å². The van der Waals surface area contributed by atoms with E-state index in [0.717, 1.165) is 31.0 Å². The van der Waals surface area contributed by atoms with Gasteiger partial charge < -0.3 is 19.7 Å². The van der Waals surface area contributed by atoms with E-state index in [1.165, 1.54) is 21.6 Å². The Balaban J connectivity index is 1.99. The van der Waals surface area contributed by atoms with Crippen molar-refractivity contribution < 1.29 is 19.2 Å². The second kappa shape index (κ2) is 9.11. The first-order chi connectivity index (χ1) is 13.6. The van der Waals surface area contributed by atoms with E-state index in [9.17, 15) is 4.79 Å². The summed E-state index contributed by atoms with van der Waals surface area (Å²) in [5.41, 5.74) is 3.82. The van der Waals surface area contributed by atoms with Crippen LogP contribution in [0.4, 0.5) is 0 Å². The number of carbonyl (C=O) groups excluding carboxylic acids is 1. The van der Waals surface area contributed by atoms with E-state index in [2.05, 4.69) is 48.6 Å². The van der Waals surface area contributed by atoms with Gasteiger partial charge in [-0.15, -0.1) is 0 Å². The lowest BCUT2D eigenvalue weighted by molar-refractivity contribution is -0.948. The SMILES string of the molecule is CCC(=O)N[C@@H](C)[C@@H]1c2cc(OC)c(OC)cc2CC[NH+]1Cc1ccccc1. The highest BCUT2D eigenvalue weighted by Crippen LogP contribution is 2.35. The maximum Gasteiger partial charge on any atom is 0.220 e. The minimum atomic E-state index is 0.0170. The lowest BCUT2D eigenvalue weighted by atomic mass is 9.87. The van der Waals surface area contributed by atoms with Crippen molar-refractivity contribution in [3.8, 4) is 11.5 Å². The second-order valence-electron chi connectivity index (χ2n) is 7.41. The molecule has 2 aromatic rings. The van der Waals surface area contributed by atoms with Crippen LogP contribution in [0.5, 0.6) is 11.5 Å². The molecule has 0 saturated heterocycles. The number of amides is 1. The molecule has 5 nitrogen and oxygen atoms in total. The zero-order chi connectivity index (χ0) is 20.1. The summed E-state index contributed by atoms with van der Waals surface area (Å²) in [6.07, 6.45) is 1.46. The van der Waals surface area contributed by atoms with Crippen LogP contribution in [0.25, 0.3) is 0 Å². The van der Waals surface area contributed by atoms with Gasteiger partial charge in [-0.2, -0.15) is 0 Å². The van der Waals surface area contributed by atoms with Crippen molar-refractivity contribution in [1.29, 1.82) is 0 Å². The summed E-state index contributed by atoms with van der Waals surface area (Å²) >= 11 is 0. The minimum absolute atomic E-state index is 0.0170. The molecule has 0 saturated carbocycles. The number of hydrogen-bond donors (Lipinski definition) is 2. The molecule has 0 aromatic heterocycles. The van der Waals surface area contributed by atoms with Gasteiger partial charge in [-0.1, -0.05) is 37.3 Å². The number of rotatable bonds is 7. The lowest BCUT2D eigenvalue weighted by Crippen LogP contribution is -3.13. The van der Waals surface area contributed by atoms with Crippen LogP contribution in [-0.4, -0.2) is 32.7 Å². The van der Waals surface area contributed by atoms with E-state index in [1.807, 2.05) is 13.0 Å². The van der Waals surface area contributed by atoms with Crippen LogP contribution in [0.3, 0.4) is 0 Å². The van der Waals surface area contributed by atoms with Crippen molar-refractivity contribution in [3.63, 3.8) is 0 Å². The Morgan fingerprint density at radius 2 is 1.86 bits per heavy atom. The van der Waals surface area contributed by atoms with Gasteiger partial charge in [-0.25, -0.2) is 0 Å². The van der Waals surface area contributed by atoms with Crippen molar-refractivity contribution in [1.82, 2.24) is 5.32 Å². The summed E-state index contributed by atoms with van der Waals surface area (Å²) in [6, 6.07) is 14.9. The van der Waals surface area contributed by atoms with E-state index in [4.69, 9.17) is 9.47 Å². The van der Waals surface area contributed by atoms with Gasteiger partial charge in [0.15, 0.2) is 11.5 Å². The Bertz CT molecular complexity index is 807. The summed E-state index contributed by atoms with van der Waals surface area (Å²) in [6.45, 7) is 5.92. The molecule has 1 aliphatic rings. The van der Waals surface area contributed by atoms with E-state index in [0.29, 0.717) is 6.42 Å².